The summed E-state index contributed by atoms with van der Waals surface area (Å²) >= 11 is 1.29. The molecule has 0 amide bonds. The number of carboxylic acid groups (broad SMARTS) is 1. The highest BCUT2D eigenvalue weighted by Gasteiger charge is 1.99. The van der Waals surface area contributed by atoms with E-state index in [0.29, 0.717) is 16.5 Å². The molecule has 1 aromatic heterocycles. The Hall–Kier alpha value is -1.56. The standard InChI is InChI=1S/C9H10N2O3S/c1-6(4-8(13)14)5-15-9-10-3-2-7(12)11-9/h2-4H,5H2,1H3,(H,13,14)(H,10,11,12). The Morgan fingerprint density at radius 2 is 2.47 bits per heavy atom. The summed E-state index contributed by atoms with van der Waals surface area (Å²) in [5, 5.41) is 8.95. The molecule has 0 aliphatic carbocycles. The SMILES string of the molecule is CC(=CC(=O)O)CSc1nccc(=O)[nH]1. The second kappa shape index (κ2) is 5.35. The number of carboxylic acids is 1. The van der Waals surface area contributed by atoms with Crippen LogP contribution in [-0.2, 0) is 4.79 Å². The molecule has 0 spiro atoms. The summed E-state index contributed by atoms with van der Waals surface area (Å²) in [7, 11) is 0. The Kier molecular flexibility index (Phi) is 4.11. The summed E-state index contributed by atoms with van der Waals surface area (Å²) in [6.07, 6.45) is 2.55. The molecule has 0 aliphatic heterocycles. The fourth-order valence-corrected chi connectivity index (χ4v) is 1.62. The Morgan fingerprint density at radius 1 is 1.73 bits per heavy atom. The second-order valence-corrected chi connectivity index (χ2v) is 3.82. The molecule has 0 fully saturated rings. The van der Waals surface area contributed by atoms with Gasteiger partial charge in [-0.15, -0.1) is 0 Å². The molecule has 0 unspecified atom stereocenters. The molecular weight excluding hydrogens is 216 g/mol. The van der Waals surface area contributed by atoms with E-state index < -0.39 is 5.97 Å². The average Bonchev–Trinajstić information content (AvgIpc) is 2.14. The third kappa shape index (κ3) is 4.46. The van der Waals surface area contributed by atoms with Crippen LogP contribution < -0.4 is 5.56 Å². The fraction of sp³-hybridized carbons (Fsp3) is 0.222. The van der Waals surface area contributed by atoms with Crippen molar-refractivity contribution < 1.29 is 9.90 Å². The van der Waals surface area contributed by atoms with Crippen LogP contribution >= 0.6 is 11.8 Å². The van der Waals surface area contributed by atoms with Crippen molar-refractivity contribution in [1.82, 2.24) is 9.97 Å². The minimum atomic E-state index is -0.970. The molecule has 1 heterocycles. The first-order chi connectivity index (χ1) is 7.08. The van der Waals surface area contributed by atoms with E-state index in [1.165, 1.54) is 24.0 Å². The zero-order chi connectivity index (χ0) is 11.3. The Balaban J connectivity index is 2.58. The fourth-order valence-electron chi connectivity index (χ4n) is 0.860. The summed E-state index contributed by atoms with van der Waals surface area (Å²) in [5.74, 6) is -0.484. The molecule has 80 valence electrons. The minimum absolute atomic E-state index is 0.215. The normalized spacial score (nSPS) is 11.4. The van der Waals surface area contributed by atoms with E-state index in [1.807, 2.05) is 0 Å². The Labute approximate surface area is 90.2 Å². The molecule has 5 nitrogen and oxygen atoms in total. The van der Waals surface area contributed by atoms with Crippen molar-refractivity contribution in [2.45, 2.75) is 12.1 Å². The van der Waals surface area contributed by atoms with Gasteiger partial charge in [0, 0.05) is 24.1 Å². The maximum Gasteiger partial charge on any atom is 0.328 e. The van der Waals surface area contributed by atoms with Gasteiger partial charge in [-0.2, -0.15) is 0 Å². The van der Waals surface area contributed by atoms with Crippen LogP contribution in [0.15, 0.2) is 33.9 Å². The first kappa shape index (κ1) is 11.5. The number of hydrogen-bond acceptors (Lipinski definition) is 4. The van der Waals surface area contributed by atoms with Crippen LogP contribution in [0.3, 0.4) is 0 Å². The van der Waals surface area contributed by atoms with Gasteiger partial charge in [0.2, 0.25) is 0 Å². The number of aromatic amines is 1. The zero-order valence-electron chi connectivity index (χ0n) is 8.06. The minimum Gasteiger partial charge on any atom is -0.478 e. The molecule has 0 aromatic carbocycles. The highest BCUT2D eigenvalue weighted by atomic mass is 32.2. The number of nitrogens with one attached hydrogen (secondary N) is 1. The van der Waals surface area contributed by atoms with Gasteiger partial charge in [0.15, 0.2) is 5.16 Å². The number of H-pyrrole nitrogens is 1. The first-order valence-corrected chi connectivity index (χ1v) is 5.14. The number of rotatable bonds is 4. The van der Waals surface area contributed by atoms with Crippen molar-refractivity contribution in [2.75, 3.05) is 5.75 Å². The lowest BCUT2D eigenvalue weighted by molar-refractivity contribution is -0.131. The molecule has 0 atom stereocenters. The summed E-state index contributed by atoms with van der Waals surface area (Å²) < 4.78 is 0. The van der Waals surface area contributed by atoms with Gasteiger partial charge in [-0.3, -0.25) is 4.79 Å². The summed E-state index contributed by atoms with van der Waals surface area (Å²) in [6, 6.07) is 1.32. The number of aromatic nitrogens is 2. The smallest absolute Gasteiger partial charge is 0.328 e. The number of aliphatic carboxylic acids is 1. The molecule has 1 rings (SSSR count). The number of thioether (sulfide) groups is 1. The van der Waals surface area contributed by atoms with Crippen LogP contribution in [0.2, 0.25) is 0 Å². The van der Waals surface area contributed by atoms with Crippen molar-refractivity contribution in [3.05, 3.63) is 34.3 Å². The maximum atomic E-state index is 10.9. The molecule has 0 radical (unpaired) electrons. The van der Waals surface area contributed by atoms with Crippen LogP contribution in [0.5, 0.6) is 0 Å². The first-order valence-electron chi connectivity index (χ1n) is 4.16. The van der Waals surface area contributed by atoms with Crippen LogP contribution in [-0.4, -0.2) is 26.8 Å². The van der Waals surface area contributed by atoms with Crippen molar-refractivity contribution in [1.29, 1.82) is 0 Å². The highest BCUT2D eigenvalue weighted by molar-refractivity contribution is 7.99. The van der Waals surface area contributed by atoms with Crippen molar-refractivity contribution in [3.63, 3.8) is 0 Å². The number of hydrogen-bond donors (Lipinski definition) is 2. The molecule has 0 saturated carbocycles. The lowest BCUT2D eigenvalue weighted by Crippen LogP contribution is -2.05. The molecule has 0 aliphatic rings. The van der Waals surface area contributed by atoms with E-state index in [2.05, 4.69) is 9.97 Å². The quantitative estimate of drug-likeness (QED) is 0.452. The second-order valence-electron chi connectivity index (χ2n) is 2.86. The molecule has 1 aromatic rings. The molecule has 6 heteroatoms. The lowest BCUT2D eigenvalue weighted by Gasteiger charge is -1.99. The lowest BCUT2D eigenvalue weighted by atomic mass is 10.3. The van der Waals surface area contributed by atoms with Crippen molar-refractivity contribution in [3.8, 4) is 0 Å². The van der Waals surface area contributed by atoms with E-state index in [4.69, 9.17) is 5.11 Å². The van der Waals surface area contributed by atoms with Gasteiger partial charge in [0.1, 0.15) is 0 Å². The zero-order valence-corrected chi connectivity index (χ0v) is 8.87. The van der Waals surface area contributed by atoms with Gasteiger partial charge < -0.3 is 10.1 Å². The topological polar surface area (TPSA) is 83.0 Å². The number of carbonyl (C=O) groups is 1. The van der Waals surface area contributed by atoms with Gasteiger partial charge in [0.05, 0.1) is 0 Å². The van der Waals surface area contributed by atoms with E-state index in [0.717, 1.165) is 6.08 Å². The largest absolute Gasteiger partial charge is 0.478 e. The summed E-state index contributed by atoms with van der Waals surface area (Å²) in [6.45, 7) is 1.71. The molecular formula is C9H10N2O3S. The monoisotopic (exact) mass is 226 g/mol. The van der Waals surface area contributed by atoms with E-state index in [1.54, 1.807) is 6.92 Å². The predicted molar refractivity (Wildman–Crippen MR) is 57.0 cm³/mol. The van der Waals surface area contributed by atoms with Crippen LogP contribution in [0, 0.1) is 0 Å². The predicted octanol–water partition coefficient (Wildman–Crippen LogP) is 0.893. The highest BCUT2D eigenvalue weighted by Crippen LogP contribution is 2.13. The van der Waals surface area contributed by atoms with Crippen molar-refractivity contribution >= 4 is 17.7 Å². The van der Waals surface area contributed by atoms with Gasteiger partial charge in [-0.25, -0.2) is 9.78 Å². The van der Waals surface area contributed by atoms with Crippen LogP contribution in [0.1, 0.15) is 6.92 Å². The van der Waals surface area contributed by atoms with Crippen LogP contribution in [0.4, 0.5) is 0 Å². The van der Waals surface area contributed by atoms with Gasteiger partial charge in [-0.1, -0.05) is 17.3 Å². The Morgan fingerprint density at radius 3 is 3.07 bits per heavy atom. The molecule has 0 saturated heterocycles. The van der Waals surface area contributed by atoms with Gasteiger partial charge in [0.25, 0.3) is 5.56 Å². The van der Waals surface area contributed by atoms with E-state index >= 15 is 0 Å². The molecule has 2 N–H and O–H groups in total. The van der Waals surface area contributed by atoms with Gasteiger partial charge >= 0.3 is 5.97 Å². The molecule has 15 heavy (non-hydrogen) atoms. The van der Waals surface area contributed by atoms with E-state index in [-0.39, 0.29) is 5.56 Å². The molecule has 0 bridgehead atoms. The summed E-state index contributed by atoms with van der Waals surface area (Å²) in [4.78, 5) is 27.7. The van der Waals surface area contributed by atoms with Crippen molar-refractivity contribution in [2.24, 2.45) is 0 Å². The average molecular weight is 226 g/mol. The Bertz CT molecular complexity index is 439. The third-order valence-corrected chi connectivity index (χ3v) is 2.53. The van der Waals surface area contributed by atoms with E-state index in [9.17, 15) is 9.59 Å². The maximum absolute atomic E-state index is 10.9. The number of nitrogens with zero attached hydrogens (tertiary/aromatic N) is 1. The summed E-state index contributed by atoms with van der Waals surface area (Å²) in [5.41, 5.74) is 0.492. The van der Waals surface area contributed by atoms with Crippen LogP contribution in [0.25, 0.3) is 0 Å². The third-order valence-electron chi connectivity index (χ3n) is 1.45. The van der Waals surface area contributed by atoms with Gasteiger partial charge in [-0.05, 0) is 6.92 Å².